The molecule has 4 aromatic rings. The van der Waals surface area contributed by atoms with Crippen LogP contribution in [0.5, 0.6) is 5.75 Å². The molecule has 4 rings (SSSR count). The van der Waals surface area contributed by atoms with E-state index in [9.17, 15) is 4.79 Å². The quantitative estimate of drug-likeness (QED) is 0.454. The molecule has 4 heteroatoms. The summed E-state index contributed by atoms with van der Waals surface area (Å²) in [7, 11) is 0. The normalized spacial score (nSPS) is 11.9. The summed E-state index contributed by atoms with van der Waals surface area (Å²) in [5, 5.41) is 4.23. The molecule has 0 saturated heterocycles. The van der Waals surface area contributed by atoms with Gasteiger partial charge >= 0.3 is 0 Å². The summed E-state index contributed by atoms with van der Waals surface area (Å²) in [5.74, 6) is 0.671. The van der Waals surface area contributed by atoms with Gasteiger partial charge in [-0.15, -0.1) is 0 Å². The number of para-hydroxylation sites is 1. The Bertz CT molecular complexity index is 1150. The average Bonchev–Trinajstić information content (AvgIpc) is 3.20. The molecule has 2 N–H and O–H groups in total. The van der Waals surface area contributed by atoms with Crippen molar-refractivity contribution < 1.29 is 9.53 Å². The molecule has 0 bridgehead atoms. The SMILES string of the molecule is Cc1cccc(OCC(=O)NC[C@H](c2ccccc2)c2c[nH]c3ccccc23)c1C. The van der Waals surface area contributed by atoms with Gasteiger partial charge < -0.3 is 15.0 Å². The van der Waals surface area contributed by atoms with Crippen LogP contribution >= 0.6 is 0 Å². The molecule has 0 aliphatic heterocycles. The molecule has 0 fully saturated rings. The lowest BCUT2D eigenvalue weighted by Gasteiger charge is -2.18. The van der Waals surface area contributed by atoms with E-state index in [1.807, 2.05) is 68.6 Å². The fourth-order valence-electron chi connectivity index (χ4n) is 3.77. The highest BCUT2D eigenvalue weighted by Crippen LogP contribution is 2.30. The Kier molecular flexibility index (Phi) is 5.84. The summed E-state index contributed by atoms with van der Waals surface area (Å²) < 4.78 is 5.76. The molecule has 0 saturated carbocycles. The van der Waals surface area contributed by atoms with Gasteiger partial charge in [0.1, 0.15) is 5.75 Å². The van der Waals surface area contributed by atoms with Crippen LogP contribution in [0.15, 0.2) is 79.0 Å². The number of aromatic nitrogens is 1. The maximum Gasteiger partial charge on any atom is 0.257 e. The van der Waals surface area contributed by atoms with Gasteiger partial charge in [0.15, 0.2) is 6.61 Å². The highest BCUT2D eigenvalue weighted by molar-refractivity contribution is 5.84. The zero-order valence-corrected chi connectivity index (χ0v) is 17.3. The van der Waals surface area contributed by atoms with Crippen LogP contribution in [0.25, 0.3) is 10.9 Å². The van der Waals surface area contributed by atoms with E-state index in [0.29, 0.717) is 6.54 Å². The number of ether oxygens (including phenoxy) is 1. The molecule has 152 valence electrons. The van der Waals surface area contributed by atoms with Crippen LogP contribution in [-0.2, 0) is 4.79 Å². The highest BCUT2D eigenvalue weighted by atomic mass is 16.5. The minimum atomic E-state index is -0.128. The van der Waals surface area contributed by atoms with Crippen LogP contribution in [0, 0.1) is 13.8 Å². The number of H-pyrrole nitrogens is 1. The molecule has 0 aliphatic rings. The first kappa shape index (κ1) is 19.8. The van der Waals surface area contributed by atoms with Crippen molar-refractivity contribution in [1.82, 2.24) is 10.3 Å². The maximum absolute atomic E-state index is 12.5. The second kappa shape index (κ2) is 8.87. The molecule has 1 atom stereocenters. The third kappa shape index (κ3) is 4.23. The molecule has 1 amide bonds. The molecular weight excluding hydrogens is 372 g/mol. The predicted octanol–water partition coefficient (Wildman–Crippen LogP) is 5.11. The second-order valence-electron chi connectivity index (χ2n) is 7.54. The highest BCUT2D eigenvalue weighted by Gasteiger charge is 2.19. The van der Waals surface area contributed by atoms with Gasteiger partial charge in [-0.05, 0) is 48.2 Å². The molecule has 1 heterocycles. The number of fused-ring (bicyclic) bond motifs is 1. The van der Waals surface area contributed by atoms with Crippen molar-refractivity contribution in [1.29, 1.82) is 0 Å². The van der Waals surface area contributed by atoms with Crippen LogP contribution < -0.4 is 10.1 Å². The smallest absolute Gasteiger partial charge is 0.257 e. The van der Waals surface area contributed by atoms with Gasteiger partial charge in [0.2, 0.25) is 0 Å². The maximum atomic E-state index is 12.5. The lowest BCUT2D eigenvalue weighted by molar-refractivity contribution is -0.123. The first-order valence-electron chi connectivity index (χ1n) is 10.2. The van der Waals surface area contributed by atoms with Gasteiger partial charge in [0, 0.05) is 29.6 Å². The average molecular weight is 399 g/mol. The Morgan fingerprint density at radius 1 is 0.967 bits per heavy atom. The molecule has 3 aromatic carbocycles. The molecule has 30 heavy (non-hydrogen) atoms. The Morgan fingerprint density at radius 2 is 1.73 bits per heavy atom. The summed E-state index contributed by atoms with van der Waals surface area (Å²) in [6.45, 7) is 4.54. The Labute approximate surface area is 176 Å². The van der Waals surface area contributed by atoms with E-state index in [1.165, 1.54) is 10.9 Å². The van der Waals surface area contributed by atoms with Crippen molar-refractivity contribution in [2.24, 2.45) is 0 Å². The summed E-state index contributed by atoms with van der Waals surface area (Å²) >= 11 is 0. The number of rotatable bonds is 7. The molecular formula is C26H26N2O2. The molecule has 0 aliphatic carbocycles. The third-order valence-electron chi connectivity index (χ3n) is 5.62. The van der Waals surface area contributed by atoms with Gasteiger partial charge in [-0.3, -0.25) is 4.79 Å². The van der Waals surface area contributed by atoms with Gasteiger partial charge in [-0.1, -0.05) is 60.7 Å². The molecule has 0 spiro atoms. The van der Waals surface area contributed by atoms with Crippen molar-refractivity contribution in [3.63, 3.8) is 0 Å². The predicted molar refractivity (Wildman–Crippen MR) is 121 cm³/mol. The minimum Gasteiger partial charge on any atom is -0.483 e. The fourth-order valence-corrected chi connectivity index (χ4v) is 3.77. The number of aromatic amines is 1. The van der Waals surface area contributed by atoms with Gasteiger partial charge in [-0.2, -0.15) is 0 Å². The van der Waals surface area contributed by atoms with E-state index in [1.54, 1.807) is 0 Å². The molecule has 0 unspecified atom stereocenters. The number of aryl methyl sites for hydroxylation is 1. The number of nitrogens with one attached hydrogen (secondary N) is 2. The van der Waals surface area contributed by atoms with Crippen LogP contribution in [0.2, 0.25) is 0 Å². The number of hydrogen-bond donors (Lipinski definition) is 2. The summed E-state index contributed by atoms with van der Waals surface area (Å²) in [4.78, 5) is 15.9. The first-order chi connectivity index (χ1) is 14.6. The van der Waals surface area contributed by atoms with E-state index < -0.39 is 0 Å². The van der Waals surface area contributed by atoms with E-state index >= 15 is 0 Å². The Hall–Kier alpha value is -3.53. The van der Waals surface area contributed by atoms with E-state index in [4.69, 9.17) is 4.74 Å². The topological polar surface area (TPSA) is 54.1 Å². The van der Waals surface area contributed by atoms with Gasteiger partial charge in [0.25, 0.3) is 5.91 Å². The number of carbonyl (C=O) groups excluding carboxylic acids is 1. The van der Waals surface area contributed by atoms with Crippen LogP contribution in [0.4, 0.5) is 0 Å². The second-order valence-corrected chi connectivity index (χ2v) is 7.54. The van der Waals surface area contributed by atoms with E-state index in [2.05, 4.69) is 34.6 Å². The lowest BCUT2D eigenvalue weighted by Crippen LogP contribution is -2.32. The zero-order valence-electron chi connectivity index (χ0n) is 17.3. The van der Waals surface area contributed by atoms with E-state index in [0.717, 1.165) is 28.0 Å². The van der Waals surface area contributed by atoms with Crippen molar-refractivity contribution in [2.75, 3.05) is 13.2 Å². The number of amides is 1. The lowest BCUT2D eigenvalue weighted by atomic mass is 9.91. The number of benzene rings is 3. The fraction of sp³-hybridized carbons (Fsp3) is 0.192. The Morgan fingerprint density at radius 3 is 2.57 bits per heavy atom. The first-order valence-corrected chi connectivity index (χ1v) is 10.2. The van der Waals surface area contributed by atoms with Gasteiger partial charge in [-0.25, -0.2) is 0 Å². The van der Waals surface area contributed by atoms with Crippen molar-refractivity contribution in [2.45, 2.75) is 19.8 Å². The van der Waals surface area contributed by atoms with Crippen molar-refractivity contribution in [3.8, 4) is 5.75 Å². The molecule has 0 radical (unpaired) electrons. The van der Waals surface area contributed by atoms with Crippen LogP contribution in [0.3, 0.4) is 0 Å². The molecule has 1 aromatic heterocycles. The standard InChI is InChI=1S/C26H26N2O2/c1-18-9-8-14-25(19(18)2)30-17-26(29)28-15-22(20-10-4-3-5-11-20)23-16-27-24-13-7-6-12-21(23)24/h3-14,16,22,27H,15,17H2,1-2H3,(H,28,29)/t22-/m1/s1. The van der Waals surface area contributed by atoms with Crippen LogP contribution in [-0.4, -0.2) is 24.0 Å². The Balaban J connectivity index is 1.49. The molecule has 4 nitrogen and oxygen atoms in total. The van der Waals surface area contributed by atoms with Crippen molar-refractivity contribution in [3.05, 3.63) is 101 Å². The third-order valence-corrected chi connectivity index (χ3v) is 5.62. The van der Waals surface area contributed by atoms with Gasteiger partial charge in [0.05, 0.1) is 0 Å². The van der Waals surface area contributed by atoms with Crippen molar-refractivity contribution >= 4 is 16.8 Å². The zero-order chi connectivity index (χ0) is 20.9. The van der Waals surface area contributed by atoms with Crippen LogP contribution in [0.1, 0.15) is 28.2 Å². The summed E-state index contributed by atoms with van der Waals surface area (Å²) in [6, 6.07) is 24.4. The number of hydrogen-bond acceptors (Lipinski definition) is 2. The number of carbonyl (C=O) groups is 1. The summed E-state index contributed by atoms with van der Waals surface area (Å²) in [6.07, 6.45) is 2.04. The van der Waals surface area contributed by atoms with E-state index in [-0.39, 0.29) is 18.4 Å². The minimum absolute atomic E-state index is 0.000310. The summed E-state index contributed by atoms with van der Waals surface area (Å²) in [5.41, 5.74) is 5.64. The monoisotopic (exact) mass is 398 g/mol. The largest absolute Gasteiger partial charge is 0.483 e.